The van der Waals surface area contributed by atoms with Crippen molar-refractivity contribution >= 4 is 17.6 Å². The second-order valence-electron chi connectivity index (χ2n) is 8.59. The van der Waals surface area contributed by atoms with E-state index in [1.54, 1.807) is 22.9 Å². The molecule has 4 heterocycles. The molecule has 0 aliphatic carbocycles. The number of carbonyl (C=O) groups excluding carboxylic acids is 2. The summed E-state index contributed by atoms with van der Waals surface area (Å²) in [6.45, 7) is 2.55. The molecule has 0 saturated carbocycles. The number of nitrogens with zero attached hydrogens (tertiary/aromatic N) is 4. The van der Waals surface area contributed by atoms with Crippen LogP contribution in [0.2, 0.25) is 0 Å². The molecule has 0 bridgehead atoms. The molecule has 0 radical (unpaired) electrons. The first-order chi connectivity index (χ1) is 15.7. The fourth-order valence-corrected chi connectivity index (χ4v) is 4.57. The second kappa shape index (κ2) is 8.98. The van der Waals surface area contributed by atoms with Crippen LogP contribution < -0.4 is 10.1 Å². The number of ether oxygens (including phenoxy) is 1. The molecule has 1 aromatic carbocycles. The van der Waals surface area contributed by atoms with Crippen molar-refractivity contribution in [2.24, 2.45) is 5.92 Å². The Balaban J connectivity index is 1.15. The van der Waals surface area contributed by atoms with Gasteiger partial charge in [0.15, 0.2) is 0 Å². The van der Waals surface area contributed by atoms with Crippen molar-refractivity contribution in [1.82, 2.24) is 24.6 Å². The fraction of sp³-hybridized carbons (Fsp3) is 0.417. The molecule has 1 atom stereocenters. The van der Waals surface area contributed by atoms with Gasteiger partial charge in [0.05, 0.1) is 6.61 Å². The molecule has 8 nitrogen and oxygen atoms in total. The number of likely N-dealkylation sites (tertiary alicyclic amines) is 1. The molecule has 5 rings (SSSR count). The van der Waals surface area contributed by atoms with E-state index in [0.29, 0.717) is 37.5 Å². The lowest BCUT2D eigenvalue weighted by Crippen LogP contribution is -2.41. The minimum Gasteiger partial charge on any atom is -0.493 e. The maximum atomic E-state index is 12.9. The topological polar surface area (TPSA) is 88.8 Å². The van der Waals surface area contributed by atoms with E-state index in [2.05, 4.69) is 21.4 Å². The highest BCUT2D eigenvalue weighted by molar-refractivity contribution is 5.92. The van der Waals surface area contributed by atoms with Gasteiger partial charge in [0.2, 0.25) is 11.7 Å². The van der Waals surface area contributed by atoms with E-state index in [0.717, 1.165) is 43.6 Å². The number of piperidine rings is 1. The zero-order chi connectivity index (χ0) is 21.9. The van der Waals surface area contributed by atoms with Gasteiger partial charge in [0.1, 0.15) is 11.4 Å². The summed E-state index contributed by atoms with van der Waals surface area (Å²) in [4.78, 5) is 35.8. The minimum absolute atomic E-state index is 0.0233. The van der Waals surface area contributed by atoms with Crippen LogP contribution in [0.15, 0.2) is 42.9 Å². The summed E-state index contributed by atoms with van der Waals surface area (Å²) < 4.78 is 7.40. The Morgan fingerprint density at radius 1 is 1.25 bits per heavy atom. The van der Waals surface area contributed by atoms with Crippen LogP contribution in [0, 0.1) is 5.92 Å². The Morgan fingerprint density at radius 3 is 3.09 bits per heavy atom. The van der Waals surface area contributed by atoms with Crippen molar-refractivity contribution in [3.05, 3.63) is 59.7 Å². The van der Waals surface area contributed by atoms with Gasteiger partial charge in [-0.25, -0.2) is 9.97 Å². The third-order valence-electron chi connectivity index (χ3n) is 6.20. The number of amides is 2. The lowest BCUT2D eigenvalue weighted by Gasteiger charge is -2.32. The molecule has 1 fully saturated rings. The van der Waals surface area contributed by atoms with Gasteiger partial charge in [0.25, 0.3) is 5.91 Å². The molecule has 2 aliphatic heterocycles. The summed E-state index contributed by atoms with van der Waals surface area (Å²) in [6.07, 6.45) is 9.50. The van der Waals surface area contributed by atoms with E-state index in [4.69, 9.17) is 4.74 Å². The molecule has 8 heteroatoms. The third-order valence-corrected chi connectivity index (χ3v) is 6.20. The van der Waals surface area contributed by atoms with Crippen LogP contribution in [-0.2, 0) is 17.8 Å². The Hall–Kier alpha value is -3.42. The van der Waals surface area contributed by atoms with Crippen molar-refractivity contribution in [3.8, 4) is 5.75 Å². The molecular formula is C24H27N5O3. The molecular weight excluding hydrogens is 406 g/mol. The first-order valence-corrected chi connectivity index (χ1v) is 11.3. The molecule has 0 spiro atoms. The maximum absolute atomic E-state index is 12.9. The van der Waals surface area contributed by atoms with Gasteiger partial charge in [-0.3, -0.25) is 14.0 Å². The van der Waals surface area contributed by atoms with Gasteiger partial charge in [-0.05, 0) is 54.9 Å². The van der Waals surface area contributed by atoms with Crippen molar-refractivity contribution in [3.63, 3.8) is 0 Å². The average Bonchev–Trinajstić information content (AvgIpc) is 3.27. The van der Waals surface area contributed by atoms with Crippen LogP contribution in [-0.4, -0.2) is 50.8 Å². The zero-order valence-corrected chi connectivity index (χ0v) is 18.0. The van der Waals surface area contributed by atoms with E-state index in [9.17, 15) is 9.59 Å². The minimum atomic E-state index is -0.100. The molecule has 2 aromatic heterocycles. The van der Waals surface area contributed by atoms with Crippen molar-refractivity contribution in [2.45, 2.75) is 38.6 Å². The van der Waals surface area contributed by atoms with E-state index >= 15 is 0 Å². The number of fused-ring (bicyclic) bond motifs is 2. The van der Waals surface area contributed by atoms with E-state index < -0.39 is 0 Å². The van der Waals surface area contributed by atoms with Gasteiger partial charge in [-0.15, -0.1) is 0 Å². The van der Waals surface area contributed by atoms with Gasteiger partial charge in [-0.2, -0.15) is 0 Å². The number of aryl methyl sites for hydroxylation is 1. The molecule has 0 unspecified atom stereocenters. The van der Waals surface area contributed by atoms with Gasteiger partial charge in [-0.1, -0.05) is 12.1 Å². The molecule has 1 saturated heterocycles. The molecule has 166 valence electrons. The van der Waals surface area contributed by atoms with Gasteiger partial charge >= 0.3 is 0 Å². The molecule has 3 aromatic rings. The van der Waals surface area contributed by atoms with Gasteiger partial charge < -0.3 is 15.0 Å². The monoisotopic (exact) mass is 433 g/mol. The van der Waals surface area contributed by atoms with E-state index in [1.165, 1.54) is 5.56 Å². The lowest BCUT2D eigenvalue weighted by atomic mass is 9.94. The van der Waals surface area contributed by atoms with Crippen LogP contribution in [0.5, 0.6) is 5.75 Å². The van der Waals surface area contributed by atoms with Crippen LogP contribution in [0.25, 0.3) is 5.78 Å². The largest absolute Gasteiger partial charge is 0.493 e. The summed E-state index contributed by atoms with van der Waals surface area (Å²) in [5, 5.41) is 3.04. The Kier molecular flexibility index (Phi) is 5.75. The molecule has 2 amide bonds. The summed E-state index contributed by atoms with van der Waals surface area (Å²) >= 11 is 0. The summed E-state index contributed by atoms with van der Waals surface area (Å²) in [5.41, 5.74) is 2.69. The Labute approximate surface area is 186 Å². The van der Waals surface area contributed by atoms with Crippen LogP contribution in [0.4, 0.5) is 0 Å². The third kappa shape index (κ3) is 4.44. The summed E-state index contributed by atoms with van der Waals surface area (Å²) in [5.74, 6) is 1.55. The summed E-state index contributed by atoms with van der Waals surface area (Å²) in [6, 6.07) is 7.93. The highest BCUT2D eigenvalue weighted by atomic mass is 16.5. The highest BCUT2D eigenvalue weighted by Gasteiger charge is 2.27. The van der Waals surface area contributed by atoms with Gasteiger partial charge in [0, 0.05) is 44.6 Å². The van der Waals surface area contributed by atoms with Crippen LogP contribution in [0.1, 0.15) is 47.3 Å². The normalized spacial score (nSPS) is 18.1. The van der Waals surface area contributed by atoms with E-state index in [-0.39, 0.29) is 17.7 Å². The molecule has 32 heavy (non-hydrogen) atoms. The number of hydrogen-bond donors (Lipinski definition) is 1. The number of benzene rings is 1. The fourth-order valence-electron chi connectivity index (χ4n) is 4.57. The van der Waals surface area contributed by atoms with Crippen molar-refractivity contribution in [1.29, 1.82) is 0 Å². The first-order valence-electron chi connectivity index (χ1n) is 11.3. The highest BCUT2D eigenvalue weighted by Crippen LogP contribution is 2.26. The zero-order valence-electron chi connectivity index (χ0n) is 18.0. The predicted molar refractivity (Wildman–Crippen MR) is 118 cm³/mol. The lowest BCUT2D eigenvalue weighted by molar-refractivity contribution is -0.122. The van der Waals surface area contributed by atoms with Crippen molar-refractivity contribution in [2.75, 3.05) is 19.7 Å². The average molecular weight is 434 g/mol. The summed E-state index contributed by atoms with van der Waals surface area (Å²) in [7, 11) is 0. The SMILES string of the molecule is O=C(C[C@H]1CCCN(C(=O)c2cn3cccnc3n2)C1)NCc1ccc2c(c1)CCCO2. The number of carbonyl (C=O) groups is 2. The Morgan fingerprint density at radius 2 is 2.19 bits per heavy atom. The molecule has 2 aliphatic rings. The molecule has 1 N–H and O–H groups in total. The number of rotatable bonds is 5. The smallest absolute Gasteiger partial charge is 0.274 e. The van der Waals surface area contributed by atoms with Crippen LogP contribution >= 0.6 is 0 Å². The number of aromatic nitrogens is 3. The quantitative estimate of drug-likeness (QED) is 0.668. The first kappa shape index (κ1) is 20.5. The maximum Gasteiger partial charge on any atom is 0.274 e. The standard InChI is InChI=1S/C24H27N5O3/c30-22(26-14-17-6-7-21-19(12-17)5-2-11-32-21)13-18-4-1-9-28(15-18)23(31)20-16-29-10-3-8-25-24(29)27-20/h3,6-8,10,12,16,18H,1-2,4-5,9,11,13-15H2,(H,26,30)/t18-/m1/s1. The number of hydrogen-bond acceptors (Lipinski definition) is 5. The second-order valence-corrected chi connectivity index (χ2v) is 8.59. The predicted octanol–water partition coefficient (Wildman–Crippen LogP) is 2.61. The van der Waals surface area contributed by atoms with E-state index in [1.807, 2.05) is 23.2 Å². The number of imidazole rings is 1. The van der Waals surface area contributed by atoms with Crippen LogP contribution in [0.3, 0.4) is 0 Å². The number of nitrogens with one attached hydrogen (secondary N) is 1. The Bertz CT molecular complexity index is 1110. The van der Waals surface area contributed by atoms with Crippen molar-refractivity contribution < 1.29 is 14.3 Å².